The molecular weight excluding hydrogens is 323 g/mol. The molecule has 8 nitrogen and oxygen atoms in total. The van der Waals surface area contributed by atoms with Gasteiger partial charge < -0.3 is 15.5 Å². The van der Waals surface area contributed by atoms with E-state index in [0.717, 1.165) is 6.07 Å². The maximum Gasteiger partial charge on any atom is 0.339 e. The number of rotatable bonds is 4. The molecule has 0 saturated carbocycles. The number of benzene rings is 1. The van der Waals surface area contributed by atoms with Gasteiger partial charge in [-0.1, -0.05) is 23.2 Å². The Morgan fingerprint density at radius 2 is 1.90 bits per heavy atom. The fourth-order valence-electron chi connectivity index (χ4n) is 1.56. The van der Waals surface area contributed by atoms with Crippen molar-refractivity contribution in [3.8, 4) is 0 Å². The van der Waals surface area contributed by atoms with Gasteiger partial charge in [0.15, 0.2) is 5.82 Å². The SMILES string of the molecule is O=C(O)c1cc(Cl)c(Cl)c(C(=O)O)c1Nc1ccnnn1. The number of hydrogen-bond donors (Lipinski definition) is 3. The van der Waals surface area contributed by atoms with Gasteiger partial charge in [0.05, 0.1) is 27.5 Å². The Hall–Kier alpha value is -2.45. The molecular formula is C11H6Cl2N4O4. The number of nitrogens with one attached hydrogen (secondary N) is 1. The molecule has 2 rings (SSSR count). The smallest absolute Gasteiger partial charge is 0.339 e. The molecule has 0 radical (unpaired) electrons. The van der Waals surface area contributed by atoms with Crippen molar-refractivity contribution in [2.45, 2.75) is 0 Å². The summed E-state index contributed by atoms with van der Waals surface area (Å²) in [6, 6.07) is 2.43. The van der Waals surface area contributed by atoms with Gasteiger partial charge in [-0.3, -0.25) is 0 Å². The third kappa shape index (κ3) is 3.01. The van der Waals surface area contributed by atoms with E-state index < -0.39 is 17.5 Å². The highest BCUT2D eigenvalue weighted by molar-refractivity contribution is 6.44. The number of aromatic nitrogens is 3. The predicted molar refractivity (Wildman–Crippen MR) is 73.5 cm³/mol. The molecule has 0 unspecified atom stereocenters. The van der Waals surface area contributed by atoms with Crippen molar-refractivity contribution >= 4 is 46.6 Å². The number of aromatic carboxylic acids is 2. The van der Waals surface area contributed by atoms with Crippen LogP contribution in [0, 0.1) is 0 Å². The van der Waals surface area contributed by atoms with Crippen LogP contribution < -0.4 is 5.32 Å². The minimum Gasteiger partial charge on any atom is -0.478 e. The fourth-order valence-corrected chi connectivity index (χ4v) is 1.99. The van der Waals surface area contributed by atoms with E-state index in [0.29, 0.717) is 0 Å². The van der Waals surface area contributed by atoms with E-state index in [1.54, 1.807) is 0 Å². The number of nitrogens with zero attached hydrogens (tertiary/aromatic N) is 3. The fraction of sp³-hybridized carbons (Fsp3) is 0. The Morgan fingerprint density at radius 3 is 2.43 bits per heavy atom. The molecule has 108 valence electrons. The highest BCUT2D eigenvalue weighted by Gasteiger charge is 2.25. The van der Waals surface area contributed by atoms with E-state index in [4.69, 9.17) is 23.2 Å². The summed E-state index contributed by atoms with van der Waals surface area (Å²) in [5, 5.41) is 30.9. The van der Waals surface area contributed by atoms with Crippen LogP contribution in [0.25, 0.3) is 0 Å². The molecule has 1 heterocycles. The zero-order valence-corrected chi connectivity index (χ0v) is 11.6. The van der Waals surface area contributed by atoms with Crippen LogP contribution in [-0.2, 0) is 0 Å². The monoisotopic (exact) mass is 328 g/mol. The van der Waals surface area contributed by atoms with Gasteiger partial charge in [0, 0.05) is 6.07 Å². The van der Waals surface area contributed by atoms with Crippen LogP contribution in [0.4, 0.5) is 11.5 Å². The second-order valence-corrected chi connectivity index (χ2v) is 4.50. The summed E-state index contributed by atoms with van der Waals surface area (Å²) in [5.41, 5.74) is -1.08. The third-order valence-corrected chi connectivity index (χ3v) is 3.21. The summed E-state index contributed by atoms with van der Waals surface area (Å²) in [6.07, 6.45) is 1.30. The molecule has 10 heteroatoms. The van der Waals surface area contributed by atoms with Crippen LogP contribution in [0.5, 0.6) is 0 Å². The Labute approximate surface area is 127 Å². The maximum atomic E-state index is 11.3. The van der Waals surface area contributed by atoms with E-state index in [-0.39, 0.29) is 27.1 Å². The zero-order valence-electron chi connectivity index (χ0n) is 10.0. The van der Waals surface area contributed by atoms with Crippen molar-refractivity contribution in [1.82, 2.24) is 15.4 Å². The summed E-state index contributed by atoms with van der Waals surface area (Å²) < 4.78 is 0. The second kappa shape index (κ2) is 5.90. The quantitative estimate of drug-likeness (QED) is 0.780. The Bertz CT molecular complexity index is 724. The van der Waals surface area contributed by atoms with Gasteiger partial charge in [-0.25, -0.2) is 9.59 Å². The first-order valence-corrected chi connectivity index (χ1v) is 6.07. The summed E-state index contributed by atoms with van der Waals surface area (Å²) in [6.45, 7) is 0. The zero-order chi connectivity index (χ0) is 15.6. The average Bonchev–Trinajstić information content (AvgIpc) is 2.43. The van der Waals surface area contributed by atoms with Crippen LogP contribution in [0.2, 0.25) is 10.0 Å². The molecule has 0 spiro atoms. The molecule has 0 aliphatic heterocycles. The molecule has 1 aromatic heterocycles. The standard InChI is InChI=1S/C11H6Cl2N4O4/c12-5-3-4(10(18)19)9(7(8(5)13)11(20)21)15-6-1-2-14-17-16-6/h1-3H,(H,18,19)(H,20,21)(H,14,15,16). The van der Waals surface area contributed by atoms with Gasteiger partial charge in [-0.05, 0) is 11.3 Å². The molecule has 0 aliphatic rings. The van der Waals surface area contributed by atoms with Crippen molar-refractivity contribution in [2.75, 3.05) is 5.32 Å². The van der Waals surface area contributed by atoms with E-state index >= 15 is 0 Å². The van der Waals surface area contributed by atoms with Gasteiger partial charge in [0.1, 0.15) is 5.56 Å². The number of hydrogen-bond acceptors (Lipinski definition) is 6. The van der Waals surface area contributed by atoms with Crippen LogP contribution in [-0.4, -0.2) is 37.6 Å². The molecule has 0 saturated heterocycles. The third-order valence-electron chi connectivity index (χ3n) is 2.42. The van der Waals surface area contributed by atoms with Crippen LogP contribution >= 0.6 is 23.2 Å². The van der Waals surface area contributed by atoms with Gasteiger partial charge >= 0.3 is 11.9 Å². The minimum atomic E-state index is -1.44. The summed E-state index contributed by atoms with van der Waals surface area (Å²) in [4.78, 5) is 22.6. The highest BCUT2D eigenvalue weighted by atomic mass is 35.5. The molecule has 0 bridgehead atoms. The van der Waals surface area contributed by atoms with Crippen molar-refractivity contribution in [1.29, 1.82) is 0 Å². The van der Waals surface area contributed by atoms with Crippen LogP contribution in [0.1, 0.15) is 20.7 Å². The molecule has 0 aliphatic carbocycles. The first-order valence-electron chi connectivity index (χ1n) is 5.31. The second-order valence-electron chi connectivity index (χ2n) is 3.71. The topological polar surface area (TPSA) is 125 Å². The Kier molecular flexibility index (Phi) is 4.20. The van der Waals surface area contributed by atoms with E-state index in [1.165, 1.54) is 12.3 Å². The van der Waals surface area contributed by atoms with Gasteiger partial charge in [-0.15, -0.1) is 10.2 Å². The van der Waals surface area contributed by atoms with Gasteiger partial charge in [0.2, 0.25) is 0 Å². The molecule has 21 heavy (non-hydrogen) atoms. The molecule has 0 atom stereocenters. The van der Waals surface area contributed by atoms with Crippen molar-refractivity contribution in [3.05, 3.63) is 39.5 Å². The molecule has 1 aromatic carbocycles. The first kappa shape index (κ1) is 14.9. The van der Waals surface area contributed by atoms with Gasteiger partial charge in [-0.2, -0.15) is 0 Å². The average molecular weight is 329 g/mol. The van der Waals surface area contributed by atoms with Crippen molar-refractivity contribution in [3.63, 3.8) is 0 Å². The Balaban J connectivity index is 2.68. The number of anilines is 2. The number of carboxylic acids is 2. The molecule has 0 amide bonds. The van der Waals surface area contributed by atoms with Crippen molar-refractivity contribution < 1.29 is 19.8 Å². The van der Waals surface area contributed by atoms with Crippen LogP contribution in [0.3, 0.4) is 0 Å². The Morgan fingerprint density at radius 1 is 1.19 bits per heavy atom. The lowest BCUT2D eigenvalue weighted by Gasteiger charge is -2.14. The van der Waals surface area contributed by atoms with Gasteiger partial charge in [0.25, 0.3) is 0 Å². The van der Waals surface area contributed by atoms with E-state index in [9.17, 15) is 19.8 Å². The lowest BCUT2D eigenvalue weighted by Crippen LogP contribution is -2.11. The number of carbonyl (C=O) groups is 2. The molecule has 0 fully saturated rings. The maximum absolute atomic E-state index is 11.3. The lowest BCUT2D eigenvalue weighted by atomic mass is 10.1. The normalized spacial score (nSPS) is 10.2. The molecule has 2 aromatic rings. The molecule has 3 N–H and O–H groups in total. The highest BCUT2D eigenvalue weighted by Crippen LogP contribution is 2.36. The van der Waals surface area contributed by atoms with Crippen molar-refractivity contribution in [2.24, 2.45) is 0 Å². The lowest BCUT2D eigenvalue weighted by molar-refractivity contribution is 0.0696. The first-order chi connectivity index (χ1) is 9.91. The van der Waals surface area contributed by atoms with Crippen LogP contribution in [0.15, 0.2) is 18.3 Å². The number of carboxylic acid groups (broad SMARTS) is 2. The summed E-state index contributed by atoms with van der Waals surface area (Å²) in [7, 11) is 0. The largest absolute Gasteiger partial charge is 0.478 e. The number of halogens is 2. The van der Waals surface area contributed by atoms with E-state index in [1.807, 2.05) is 0 Å². The van der Waals surface area contributed by atoms with E-state index in [2.05, 4.69) is 20.7 Å². The predicted octanol–water partition coefficient (Wildman–Crippen LogP) is 2.32. The summed E-state index contributed by atoms with van der Waals surface area (Å²) >= 11 is 11.6. The summed E-state index contributed by atoms with van der Waals surface area (Å²) in [5.74, 6) is -2.71. The minimum absolute atomic E-state index is 0.105.